The highest BCUT2D eigenvalue weighted by atomic mass is 14.3. The first-order chi connectivity index (χ1) is 52.5. The van der Waals surface area contributed by atoms with Crippen LogP contribution in [0, 0.1) is 55.4 Å². The molecule has 14 aromatic rings. The molecule has 0 radical (unpaired) electrons. The molecule has 0 nitrogen and oxygen atoms in total. The van der Waals surface area contributed by atoms with Gasteiger partial charge in [0, 0.05) is 0 Å². The fourth-order valence-electron chi connectivity index (χ4n) is 14.4. The molecule has 14 rings (SSSR count). The van der Waals surface area contributed by atoms with E-state index in [0.717, 1.165) is 0 Å². The third-order valence-electron chi connectivity index (χ3n) is 21.1. The summed E-state index contributed by atoms with van der Waals surface area (Å²) in [6.45, 7) is 47.1. The Hall–Kier alpha value is -10.9. The zero-order chi connectivity index (χ0) is 79.3. The van der Waals surface area contributed by atoms with Gasteiger partial charge in [0.05, 0.1) is 0 Å². The molecule has 0 bridgehead atoms. The normalized spacial score (nSPS) is 11.1. The molecule has 0 amide bonds. The van der Waals surface area contributed by atoms with Crippen LogP contribution in [-0.2, 0) is 16.2 Å². The monoisotopic (exact) mass is 1440 g/mol. The summed E-state index contributed by atoms with van der Waals surface area (Å²) in [5, 5.41) is 0. The molecule has 0 aromatic heterocycles. The predicted octanol–water partition coefficient (Wildman–Crippen LogP) is 32.1. The van der Waals surface area contributed by atoms with Gasteiger partial charge in [-0.3, -0.25) is 0 Å². The summed E-state index contributed by atoms with van der Waals surface area (Å²) in [5.41, 5.74) is 39.6. The van der Waals surface area contributed by atoms with E-state index in [-0.39, 0.29) is 16.2 Å². The highest BCUT2D eigenvalue weighted by Crippen LogP contribution is 2.40. The average Bonchev–Trinajstić information content (AvgIpc) is 0.787. The maximum Gasteiger partial charge on any atom is -0.0129 e. The lowest BCUT2D eigenvalue weighted by Crippen LogP contribution is -2.13. The van der Waals surface area contributed by atoms with Crippen LogP contribution in [0.15, 0.2) is 334 Å². The van der Waals surface area contributed by atoms with Crippen LogP contribution in [0.3, 0.4) is 0 Å². The highest BCUT2D eigenvalue weighted by Gasteiger charge is 2.21. The third kappa shape index (κ3) is 22.6. The smallest absolute Gasteiger partial charge is 0.0129 e. The minimum Gasteiger partial charge on any atom is -0.0622 e. The topological polar surface area (TPSA) is 0 Å². The molecule has 0 spiro atoms. The van der Waals surface area contributed by atoms with Crippen molar-refractivity contribution in [1.29, 1.82) is 0 Å². The molecular formula is C110H120. The van der Waals surface area contributed by atoms with Crippen molar-refractivity contribution in [3.63, 3.8) is 0 Å². The molecule has 0 saturated heterocycles. The van der Waals surface area contributed by atoms with Gasteiger partial charge in [-0.1, -0.05) is 424 Å². The highest BCUT2D eigenvalue weighted by molar-refractivity contribution is 5.80. The SMILES string of the molecule is Cc1c(-c2ccccc2)cc(C(C)(C)C)cc1-c1ccccc1.Cc1c(-c2ccccc2)cccc1C(C)(C)C.Cc1c(C(C)C)cc(-c2ccccc2)cc1C(C)C.Cc1cc(-c2ccccc2)cc(C)c1C.Cc1cc(-c2ccccc2)ccc1-c1ccccc1.Cc1ccc(C(C)(C)C)cc1-c1ccccc1. The Balaban J connectivity index is 0.000000153. The average molecular weight is 1440 g/mol. The molecule has 0 heterocycles. The molecule has 560 valence electrons. The first kappa shape index (κ1) is 83.1. The van der Waals surface area contributed by atoms with Gasteiger partial charge in [0.25, 0.3) is 0 Å². The van der Waals surface area contributed by atoms with Crippen molar-refractivity contribution in [1.82, 2.24) is 0 Å². The van der Waals surface area contributed by atoms with Crippen LogP contribution in [-0.4, -0.2) is 0 Å². The quantitative estimate of drug-likeness (QED) is 0.128. The molecule has 0 unspecified atom stereocenters. The van der Waals surface area contributed by atoms with E-state index in [9.17, 15) is 0 Å². The van der Waals surface area contributed by atoms with Gasteiger partial charge >= 0.3 is 0 Å². The van der Waals surface area contributed by atoms with Crippen molar-refractivity contribution in [2.24, 2.45) is 0 Å². The Kier molecular flexibility index (Phi) is 29.0. The van der Waals surface area contributed by atoms with Gasteiger partial charge < -0.3 is 0 Å². The fourth-order valence-corrected chi connectivity index (χ4v) is 14.4. The van der Waals surface area contributed by atoms with Crippen molar-refractivity contribution in [2.45, 2.75) is 173 Å². The van der Waals surface area contributed by atoms with E-state index in [1.165, 1.54) is 161 Å². The predicted molar refractivity (Wildman–Crippen MR) is 484 cm³/mol. The van der Waals surface area contributed by atoms with Crippen LogP contribution < -0.4 is 0 Å². The second-order valence-electron chi connectivity index (χ2n) is 33.2. The summed E-state index contributed by atoms with van der Waals surface area (Å²) in [5.74, 6) is 1.14. The van der Waals surface area contributed by atoms with E-state index in [1.54, 1.807) is 0 Å². The van der Waals surface area contributed by atoms with Gasteiger partial charge in [0.15, 0.2) is 0 Å². The Labute approximate surface area is 664 Å². The summed E-state index contributed by atoms with van der Waals surface area (Å²) in [6.07, 6.45) is 0. The van der Waals surface area contributed by atoms with E-state index in [2.05, 4.69) is 479 Å². The summed E-state index contributed by atoms with van der Waals surface area (Å²) < 4.78 is 0. The maximum absolute atomic E-state index is 2.36. The standard InChI is InChI=1S/C23H24.C19H16.C19H24.2C17H20.C15H16/c1-17-21(18-11-7-5-8-12-18)15-20(23(2,3)4)16-22(17)19-13-9-6-10-14-19;1-15-14-18(16-8-4-2-5-9-16)12-13-19(15)17-10-6-3-7-11-17;1-13(2)18-11-17(16-9-7-6-8-10-16)12-19(14(3)4)15(18)5;1-13-15(14-9-6-5-7-10-14)11-8-12-16(13)17(2,3)4;1-13-10-11-15(17(2,3)4)12-16(13)14-8-6-5-7-9-14;1-11-9-15(10-12(2)13(11)3)14-7-5-4-6-8-14/h5-16H,1-4H3;2-14H,1H3;6-14H,1-5H3;2*5-12H,1-4H3;4-10H,1-3H3. The number of rotatable bonds is 10. The lowest BCUT2D eigenvalue weighted by molar-refractivity contribution is 0.586. The van der Waals surface area contributed by atoms with Gasteiger partial charge in [0.1, 0.15) is 0 Å². The Morgan fingerprint density at radius 1 is 0.182 bits per heavy atom. The molecular weight excluding hydrogens is 1320 g/mol. The lowest BCUT2D eigenvalue weighted by atomic mass is 9.81. The number of hydrogen-bond acceptors (Lipinski definition) is 0. The van der Waals surface area contributed by atoms with Crippen LogP contribution in [0.5, 0.6) is 0 Å². The van der Waals surface area contributed by atoms with Crippen LogP contribution in [0.4, 0.5) is 0 Å². The molecule has 0 aliphatic rings. The van der Waals surface area contributed by atoms with Crippen LogP contribution in [0.25, 0.3) is 89.0 Å². The van der Waals surface area contributed by atoms with Gasteiger partial charge in [-0.05, 0) is 245 Å². The fraction of sp³-hybridized carbons (Fsp3) is 0.236. The van der Waals surface area contributed by atoms with Crippen LogP contribution >= 0.6 is 0 Å². The van der Waals surface area contributed by atoms with E-state index in [4.69, 9.17) is 0 Å². The molecule has 0 N–H and O–H groups in total. The molecule has 14 aromatic carbocycles. The van der Waals surface area contributed by atoms with Gasteiger partial charge in [-0.15, -0.1) is 0 Å². The largest absolute Gasteiger partial charge is 0.0622 e. The molecule has 0 aliphatic heterocycles. The minimum atomic E-state index is 0.126. The Bertz CT molecular complexity index is 5030. The molecule has 0 aliphatic carbocycles. The summed E-state index contributed by atoms with van der Waals surface area (Å²) in [6, 6.07) is 119. The number of benzene rings is 14. The Morgan fingerprint density at radius 3 is 0.855 bits per heavy atom. The van der Waals surface area contributed by atoms with Crippen molar-refractivity contribution in [2.75, 3.05) is 0 Å². The minimum absolute atomic E-state index is 0.126. The second kappa shape index (κ2) is 38.4. The first-order valence-electron chi connectivity index (χ1n) is 39.6. The second-order valence-corrected chi connectivity index (χ2v) is 33.2. The van der Waals surface area contributed by atoms with E-state index < -0.39 is 0 Å². The van der Waals surface area contributed by atoms with Crippen LogP contribution in [0.1, 0.15) is 174 Å². The van der Waals surface area contributed by atoms with Gasteiger partial charge in [-0.25, -0.2) is 0 Å². The van der Waals surface area contributed by atoms with Crippen LogP contribution in [0.2, 0.25) is 0 Å². The number of hydrogen-bond donors (Lipinski definition) is 0. The number of aryl methyl sites for hydroxylation is 4. The molecule has 0 heteroatoms. The van der Waals surface area contributed by atoms with Crippen molar-refractivity contribution >= 4 is 0 Å². The summed E-state index contributed by atoms with van der Waals surface area (Å²) in [7, 11) is 0. The maximum atomic E-state index is 2.36. The zero-order valence-electron chi connectivity index (χ0n) is 69.9. The molecule has 0 fully saturated rings. The van der Waals surface area contributed by atoms with E-state index >= 15 is 0 Å². The Morgan fingerprint density at radius 2 is 0.500 bits per heavy atom. The zero-order valence-corrected chi connectivity index (χ0v) is 69.9. The molecule has 0 saturated carbocycles. The van der Waals surface area contributed by atoms with Crippen molar-refractivity contribution < 1.29 is 0 Å². The lowest BCUT2D eigenvalue weighted by Gasteiger charge is -2.23. The van der Waals surface area contributed by atoms with E-state index in [1.807, 2.05) is 0 Å². The van der Waals surface area contributed by atoms with Gasteiger partial charge in [-0.2, -0.15) is 0 Å². The van der Waals surface area contributed by atoms with Gasteiger partial charge in [0.2, 0.25) is 0 Å². The third-order valence-corrected chi connectivity index (χ3v) is 21.1. The van der Waals surface area contributed by atoms with Crippen molar-refractivity contribution in [3.8, 4) is 89.0 Å². The molecule has 0 atom stereocenters. The molecule has 110 heavy (non-hydrogen) atoms. The summed E-state index contributed by atoms with van der Waals surface area (Å²) >= 11 is 0. The first-order valence-corrected chi connectivity index (χ1v) is 39.6. The van der Waals surface area contributed by atoms with Crippen molar-refractivity contribution in [3.05, 3.63) is 406 Å². The summed E-state index contributed by atoms with van der Waals surface area (Å²) in [4.78, 5) is 0. The van der Waals surface area contributed by atoms with E-state index in [0.29, 0.717) is 11.8 Å².